The van der Waals surface area contributed by atoms with Crippen LogP contribution in [0.1, 0.15) is 35.9 Å². The van der Waals surface area contributed by atoms with Crippen molar-refractivity contribution in [1.29, 1.82) is 0 Å². The van der Waals surface area contributed by atoms with Crippen LogP contribution < -0.4 is 5.32 Å². The number of nitrogens with one attached hydrogen (secondary N) is 1. The zero-order valence-electron chi connectivity index (χ0n) is 17.0. The lowest BCUT2D eigenvalue weighted by Gasteiger charge is -2.29. The summed E-state index contributed by atoms with van der Waals surface area (Å²) in [6.07, 6.45) is 3.53. The number of carbonyl (C=O) groups is 1. The monoisotopic (exact) mass is 454 g/mol. The van der Waals surface area contributed by atoms with Gasteiger partial charge in [-0.15, -0.1) is 0 Å². The van der Waals surface area contributed by atoms with Crippen molar-refractivity contribution in [3.8, 4) is 0 Å². The second kappa shape index (κ2) is 8.67. The summed E-state index contributed by atoms with van der Waals surface area (Å²) in [7, 11) is 2.07. The van der Waals surface area contributed by atoms with Crippen LogP contribution in [-0.2, 0) is 13.5 Å². The Balaban J connectivity index is 1.46. The number of fused-ring (bicyclic) bond motifs is 1. The van der Waals surface area contributed by atoms with E-state index in [0.717, 1.165) is 45.9 Å². The van der Waals surface area contributed by atoms with Crippen molar-refractivity contribution in [3.63, 3.8) is 0 Å². The van der Waals surface area contributed by atoms with Crippen molar-refractivity contribution >= 4 is 38.6 Å². The molecule has 0 saturated carbocycles. The molecule has 29 heavy (non-hydrogen) atoms. The maximum absolute atomic E-state index is 12.5. The van der Waals surface area contributed by atoms with Crippen LogP contribution >= 0.6 is 15.9 Å². The minimum absolute atomic E-state index is 0.124. The number of aryl methyl sites for hydroxylation is 1. The van der Waals surface area contributed by atoms with E-state index in [-0.39, 0.29) is 5.91 Å². The summed E-state index contributed by atoms with van der Waals surface area (Å²) in [5.41, 5.74) is 3.39. The van der Waals surface area contributed by atoms with Gasteiger partial charge in [-0.1, -0.05) is 28.9 Å². The number of hydrogen-bond acceptors (Lipinski definition) is 3. The van der Waals surface area contributed by atoms with E-state index in [4.69, 9.17) is 4.98 Å². The number of amides is 1. The molecule has 2 aromatic carbocycles. The van der Waals surface area contributed by atoms with Crippen molar-refractivity contribution in [2.24, 2.45) is 13.0 Å². The molecule has 1 N–H and O–H groups in total. The molecule has 5 nitrogen and oxygen atoms in total. The third kappa shape index (κ3) is 4.70. The van der Waals surface area contributed by atoms with Crippen LogP contribution in [0.5, 0.6) is 0 Å². The van der Waals surface area contributed by atoms with Crippen molar-refractivity contribution < 1.29 is 4.79 Å². The highest BCUT2D eigenvalue weighted by Crippen LogP contribution is 2.22. The average Bonchev–Trinajstić information content (AvgIpc) is 3.02. The van der Waals surface area contributed by atoms with Gasteiger partial charge in [-0.3, -0.25) is 4.79 Å². The third-order valence-electron chi connectivity index (χ3n) is 5.85. The second-order valence-electron chi connectivity index (χ2n) is 8.03. The van der Waals surface area contributed by atoms with Gasteiger partial charge in [-0.05, 0) is 68.2 Å². The van der Waals surface area contributed by atoms with Crippen LogP contribution in [-0.4, -0.2) is 40.0 Å². The topological polar surface area (TPSA) is 50.2 Å². The number of likely N-dealkylation sites (tertiary alicyclic amines) is 1. The Kier molecular flexibility index (Phi) is 6.01. The van der Waals surface area contributed by atoms with Crippen LogP contribution in [0.3, 0.4) is 0 Å². The Morgan fingerprint density at radius 1 is 1.21 bits per heavy atom. The van der Waals surface area contributed by atoms with Crippen LogP contribution in [0.4, 0.5) is 5.69 Å². The summed E-state index contributed by atoms with van der Waals surface area (Å²) in [6.45, 7) is 5.78. The molecule has 1 fully saturated rings. The molecule has 1 amide bonds. The van der Waals surface area contributed by atoms with Crippen LogP contribution in [0.25, 0.3) is 11.0 Å². The molecule has 1 aromatic heterocycles. The summed E-state index contributed by atoms with van der Waals surface area (Å²) in [6, 6.07) is 13.3. The minimum Gasteiger partial charge on any atom is -0.331 e. The summed E-state index contributed by atoms with van der Waals surface area (Å²) in [4.78, 5) is 19.9. The quantitative estimate of drug-likeness (QED) is 0.598. The van der Waals surface area contributed by atoms with E-state index in [1.54, 1.807) is 6.07 Å². The van der Waals surface area contributed by atoms with E-state index in [1.807, 2.05) is 36.4 Å². The lowest BCUT2D eigenvalue weighted by Crippen LogP contribution is -2.34. The molecule has 2 heterocycles. The Hall–Kier alpha value is -2.18. The van der Waals surface area contributed by atoms with Gasteiger partial charge >= 0.3 is 0 Å². The molecule has 152 valence electrons. The summed E-state index contributed by atoms with van der Waals surface area (Å²) < 4.78 is 3.06. The van der Waals surface area contributed by atoms with E-state index >= 15 is 0 Å². The number of rotatable bonds is 5. The molecule has 1 aliphatic heterocycles. The fourth-order valence-electron chi connectivity index (χ4n) is 3.93. The van der Waals surface area contributed by atoms with Crippen molar-refractivity contribution in [2.45, 2.75) is 26.2 Å². The van der Waals surface area contributed by atoms with Crippen molar-refractivity contribution in [1.82, 2.24) is 14.5 Å². The van der Waals surface area contributed by atoms with Crippen LogP contribution in [0.2, 0.25) is 0 Å². The molecule has 4 rings (SSSR count). The van der Waals surface area contributed by atoms with E-state index < -0.39 is 0 Å². The molecule has 1 aliphatic rings. The number of benzene rings is 2. The van der Waals surface area contributed by atoms with Gasteiger partial charge in [-0.25, -0.2) is 4.98 Å². The lowest BCUT2D eigenvalue weighted by atomic mass is 9.99. The maximum atomic E-state index is 12.5. The lowest BCUT2D eigenvalue weighted by molar-refractivity contribution is 0.102. The summed E-state index contributed by atoms with van der Waals surface area (Å²) >= 11 is 3.41. The molecular formula is C23H27BrN4O. The van der Waals surface area contributed by atoms with Gasteiger partial charge in [-0.2, -0.15) is 0 Å². The molecule has 0 aliphatic carbocycles. The van der Waals surface area contributed by atoms with Crippen molar-refractivity contribution in [3.05, 3.63) is 58.3 Å². The fourth-order valence-corrected chi connectivity index (χ4v) is 4.33. The molecular weight excluding hydrogens is 428 g/mol. The fraction of sp³-hybridized carbons (Fsp3) is 0.391. The molecule has 0 atom stereocenters. The molecule has 0 unspecified atom stereocenters. The van der Waals surface area contributed by atoms with Crippen LogP contribution in [0.15, 0.2) is 46.9 Å². The Labute approximate surface area is 180 Å². The van der Waals surface area contributed by atoms with Gasteiger partial charge in [0.25, 0.3) is 5.91 Å². The van der Waals surface area contributed by atoms with Gasteiger partial charge in [0.15, 0.2) is 0 Å². The first-order chi connectivity index (χ1) is 14.0. The predicted molar refractivity (Wildman–Crippen MR) is 121 cm³/mol. The standard InChI is InChI=1S/C23H27BrN4O/c1-16-8-11-28(12-9-16)13-10-22-26-20-15-19(6-7-21(20)27(22)2)25-23(29)17-4-3-5-18(24)14-17/h3-7,14-16H,8-13H2,1-2H3,(H,25,29). The first-order valence-electron chi connectivity index (χ1n) is 10.2. The van der Waals surface area contributed by atoms with Gasteiger partial charge in [0.2, 0.25) is 0 Å². The SMILES string of the molecule is CC1CCN(CCc2nc3cc(NC(=O)c4cccc(Br)c4)ccc3n2C)CC1. The Morgan fingerprint density at radius 2 is 2.00 bits per heavy atom. The zero-order valence-corrected chi connectivity index (χ0v) is 18.6. The van der Waals surface area contributed by atoms with Gasteiger partial charge in [0.05, 0.1) is 11.0 Å². The molecule has 1 saturated heterocycles. The summed E-state index contributed by atoms with van der Waals surface area (Å²) in [5, 5.41) is 2.98. The highest BCUT2D eigenvalue weighted by atomic mass is 79.9. The number of hydrogen-bond donors (Lipinski definition) is 1. The number of anilines is 1. The first kappa shape index (κ1) is 20.1. The van der Waals surface area contributed by atoms with E-state index in [2.05, 4.69) is 44.7 Å². The second-order valence-corrected chi connectivity index (χ2v) is 8.94. The molecule has 0 radical (unpaired) electrons. The van der Waals surface area contributed by atoms with Gasteiger partial charge in [0, 0.05) is 35.7 Å². The molecule has 3 aromatic rings. The zero-order chi connectivity index (χ0) is 20.4. The predicted octanol–water partition coefficient (Wildman–Crippen LogP) is 4.86. The summed E-state index contributed by atoms with van der Waals surface area (Å²) in [5.74, 6) is 1.82. The van der Waals surface area contributed by atoms with E-state index in [0.29, 0.717) is 5.56 Å². The minimum atomic E-state index is -0.124. The number of aromatic nitrogens is 2. The van der Waals surface area contributed by atoms with Crippen LogP contribution in [0, 0.1) is 5.92 Å². The van der Waals surface area contributed by atoms with Gasteiger partial charge in [0.1, 0.15) is 5.82 Å². The Bertz CT molecular complexity index is 1020. The smallest absolute Gasteiger partial charge is 0.255 e. The van der Waals surface area contributed by atoms with Gasteiger partial charge < -0.3 is 14.8 Å². The number of carbonyl (C=O) groups excluding carboxylic acids is 1. The third-order valence-corrected chi connectivity index (χ3v) is 6.34. The number of imidazole rings is 1. The van der Waals surface area contributed by atoms with E-state index in [1.165, 1.54) is 25.9 Å². The largest absolute Gasteiger partial charge is 0.331 e. The number of nitrogens with zero attached hydrogens (tertiary/aromatic N) is 3. The molecule has 0 spiro atoms. The average molecular weight is 455 g/mol. The molecule has 6 heteroatoms. The number of piperidine rings is 1. The normalized spacial score (nSPS) is 15.7. The van der Waals surface area contributed by atoms with E-state index in [9.17, 15) is 4.79 Å². The maximum Gasteiger partial charge on any atom is 0.255 e. The first-order valence-corrected chi connectivity index (χ1v) is 11.0. The Morgan fingerprint density at radius 3 is 2.76 bits per heavy atom. The van der Waals surface area contributed by atoms with Crippen molar-refractivity contribution in [2.75, 3.05) is 25.0 Å². The molecule has 0 bridgehead atoms. The highest BCUT2D eigenvalue weighted by molar-refractivity contribution is 9.10. The number of halogens is 1. The highest BCUT2D eigenvalue weighted by Gasteiger charge is 2.17.